The van der Waals surface area contributed by atoms with Gasteiger partial charge in [-0.25, -0.2) is 0 Å². The molecule has 20 heavy (non-hydrogen) atoms. The van der Waals surface area contributed by atoms with Crippen molar-refractivity contribution in [3.8, 4) is 5.75 Å². The first-order chi connectivity index (χ1) is 9.32. The van der Waals surface area contributed by atoms with Crippen LogP contribution in [0.25, 0.3) is 0 Å². The van der Waals surface area contributed by atoms with E-state index in [-0.39, 0.29) is 11.7 Å². The average molecular weight is 288 g/mol. The molecule has 0 saturated carbocycles. The first kappa shape index (κ1) is 17.3. The standard InChI is InChI=1S/C9H10F2N4O.C2H4O2/c10-8(11)16-7-4-2-1-3-6(7)5-14-15-9(12)13;1-2(3)4/h1-5,8H,(H4,12,13,15);1H3,(H,3,4)/b14-5+;. The highest BCUT2D eigenvalue weighted by atomic mass is 19.3. The highest BCUT2D eigenvalue weighted by Crippen LogP contribution is 2.18. The van der Waals surface area contributed by atoms with E-state index in [0.717, 1.165) is 6.92 Å². The summed E-state index contributed by atoms with van der Waals surface area (Å²) in [4.78, 5) is 9.00. The minimum atomic E-state index is -2.89. The predicted octanol–water partition coefficient (Wildman–Crippen LogP) is 0.986. The summed E-state index contributed by atoms with van der Waals surface area (Å²) in [5.74, 6) is -1.05. The predicted molar refractivity (Wildman–Crippen MR) is 69.8 cm³/mol. The van der Waals surface area contributed by atoms with Crippen LogP contribution in [0.5, 0.6) is 5.75 Å². The van der Waals surface area contributed by atoms with Crippen molar-refractivity contribution >= 4 is 18.1 Å². The van der Waals surface area contributed by atoms with Crippen LogP contribution < -0.4 is 16.2 Å². The van der Waals surface area contributed by atoms with Gasteiger partial charge in [-0.15, -0.1) is 5.10 Å². The number of benzene rings is 1. The maximum Gasteiger partial charge on any atom is 0.387 e. The molecule has 1 rings (SSSR count). The van der Waals surface area contributed by atoms with Crippen molar-refractivity contribution in [3.63, 3.8) is 0 Å². The Kier molecular flexibility index (Phi) is 8.00. The van der Waals surface area contributed by atoms with E-state index in [1.165, 1.54) is 12.3 Å². The van der Waals surface area contributed by atoms with Gasteiger partial charge in [0.15, 0.2) is 0 Å². The van der Waals surface area contributed by atoms with Crippen LogP contribution in [0.3, 0.4) is 0 Å². The van der Waals surface area contributed by atoms with Crippen LogP contribution in [-0.4, -0.2) is 29.9 Å². The molecular weight excluding hydrogens is 274 g/mol. The summed E-state index contributed by atoms with van der Waals surface area (Å²) in [6.07, 6.45) is 1.22. The number of nitrogens with zero attached hydrogens (tertiary/aromatic N) is 2. The fourth-order valence-corrected chi connectivity index (χ4v) is 0.948. The Labute approximate surface area is 113 Å². The van der Waals surface area contributed by atoms with E-state index >= 15 is 0 Å². The van der Waals surface area contributed by atoms with Crippen LogP contribution in [0.15, 0.2) is 34.5 Å². The molecule has 1 aromatic rings. The molecular formula is C11H14F2N4O3. The summed E-state index contributed by atoms with van der Waals surface area (Å²) in [5.41, 5.74) is 10.4. The highest BCUT2D eigenvalue weighted by molar-refractivity contribution is 5.84. The number of hydrogen-bond acceptors (Lipinski definition) is 4. The molecule has 1 aromatic carbocycles. The van der Waals surface area contributed by atoms with Gasteiger partial charge in [0.2, 0.25) is 5.96 Å². The second kappa shape index (κ2) is 9.25. The lowest BCUT2D eigenvalue weighted by atomic mass is 10.2. The van der Waals surface area contributed by atoms with Crippen molar-refractivity contribution < 1.29 is 23.4 Å². The Bertz CT molecular complexity index is 484. The Morgan fingerprint density at radius 1 is 1.40 bits per heavy atom. The van der Waals surface area contributed by atoms with Gasteiger partial charge in [-0.1, -0.05) is 12.1 Å². The van der Waals surface area contributed by atoms with E-state index in [4.69, 9.17) is 21.4 Å². The molecule has 0 radical (unpaired) electrons. The molecule has 0 heterocycles. The number of halogens is 2. The fourth-order valence-electron chi connectivity index (χ4n) is 0.948. The van der Waals surface area contributed by atoms with E-state index in [0.29, 0.717) is 5.56 Å². The number of para-hydroxylation sites is 1. The molecule has 0 atom stereocenters. The zero-order valence-corrected chi connectivity index (χ0v) is 10.5. The molecule has 0 spiro atoms. The molecule has 110 valence electrons. The molecule has 0 aliphatic carbocycles. The quantitative estimate of drug-likeness (QED) is 0.433. The number of nitrogens with two attached hydrogens (primary N) is 2. The van der Waals surface area contributed by atoms with Crippen LogP contribution in [0.2, 0.25) is 0 Å². The normalized spacial score (nSPS) is 9.80. The molecule has 0 bridgehead atoms. The molecule has 0 unspecified atom stereocenters. The van der Waals surface area contributed by atoms with Gasteiger partial charge in [0.25, 0.3) is 5.97 Å². The van der Waals surface area contributed by atoms with Gasteiger partial charge in [-0.3, -0.25) is 4.79 Å². The van der Waals surface area contributed by atoms with Gasteiger partial charge < -0.3 is 21.3 Å². The molecule has 0 aliphatic heterocycles. The van der Waals surface area contributed by atoms with Crippen molar-refractivity contribution in [3.05, 3.63) is 29.8 Å². The zero-order valence-electron chi connectivity index (χ0n) is 10.5. The number of alkyl halides is 2. The van der Waals surface area contributed by atoms with Crippen molar-refractivity contribution in [2.24, 2.45) is 21.7 Å². The fraction of sp³-hybridized carbons (Fsp3) is 0.182. The number of aliphatic carboxylic acids is 1. The average Bonchev–Trinajstić information content (AvgIpc) is 2.29. The van der Waals surface area contributed by atoms with Gasteiger partial charge in [0.05, 0.1) is 6.21 Å². The van der Waals surface area contributed by atoms with E-state index in [1.54, 1.807) is 18.2 Å². The largest absolute Gasteiger partial charge is 0.481 e. The van der Waals surface area contributed by atoms with Crippen molar-refractivity contribution in [1.82, 2.24) is 0 Å². The monoisotopic (exact) mass is 288 g/mol. The number of rotatable bonds is 4. The van der Waals surface area contributed by atoms with Gasteiger partial charge in [0.1, 0.15) is 5.75 Å². The minimum absolute atomic E-state index is 0.00652. The zero-order chi connectivity index (χ0) is 15.5. The van der Waals surface area contributed by atoms with Crippen LogP contribution in [0.4, 0.5) is 8.78 Å². The minimum Gasteiger partial charge on any atom is -0.481 e. The smallest absolute Gasteiger partial charge is 0.387 e. The number of guanidine groups is 1. The van der Waals surface area contributed by atoms with Crippen molar-refractivity contribution in [1.29, 1.82) is 0 Å². The summed E-state index contributed by atoms with van der Waals surface area (Å²) < 4.78 is 28.3. The molecule has 0 amide bonds. The first-order valence-corrected chi connectivity index (χ1v) is 5.18. The molecule has 5 N–H and O–H groups in total. The molecule has 0 fully saturated rings. The lowest BCUT2D eigenvalue weighted by molar-refractivity contribution is -0.134. The van der Waals surface area contributed by atoms with Gasteiger partial charge in [-0.2, -0.15) is 13.9 Å². The van der Waals surface area contributed by atoms with Crippen LogP contribution >= 0.6 is 0 Å². The first-order valence-electron chi connectivity index (χ1n) is 5.18. The number of carboxylic acids is 1. The van der Waals surface area contributed by atoms with E-state index < -0.39 is 12.6 Å². The maximum atomic E-state index is 12.0. The Hall–Kier alpha value is -2.71. The highest BCUT2D eigenvalue weighted by Gasteiger charge is 2.06. The lowest BCUT2D eigenvalue weighted by Gasteiger charge is -2.06. The Morgan fingerprint density at radius 3 is 2.45 bits per heavy atom. The Morgan fingerprint density at radius 2 is 1.95 bits per heavy atom. The van der Waals surface area contributed by atoms with Crippen LogP contribution in [-0.2, 0) is 4.79 Å². The number of hydrogen-bond donors (Lipinski definition) is 3. The van der Waals surface area contributed by atoms with Gasteiger partial charge >= 0.3 is 6.61 Å². The topological polar surface area (TPSA) is 123 Å². The van der Waals surface area contributed by atoms with Gasteiger partial charge in [-0.05, 0) is 12.1 Å². The number of carboxylic acid groups (broad SMARTS) is 1. The third-order valence-electron chi connectivity index (χ3n) is 1.51. The van der Waals surface area contributed by atoms with Gasteiger partial charge in [0, 0.05) is 12.5 Å². The second-order valence-electron chi connectivity index (χ2n) is 3.20. The maximum absolute atomic E-state index is 12.0. The van der Waals surface area contributed by atoms with E-state index in [9.17, 15) is 8.78 Å². The number of ether oxygens (including phenoxy) is 1. The second-order valence-corrected chi connectivity index (χ2v) is 3.20. The van der Waals surface area contributed by atoms with E-state index in [1.807, 2.05) is 0 Å². The van der Waals surface area contributed by atoms with Crippen LogP contribution in [0, 0.1) is 0 Å². The summed E-state index contributed by atoms with van der Waals surface area (Å²) in [7, 11) is 0. The van der Waals surface area contributed by atoms with Crippen molar-refractivity contribution in [2.75, 3.05) is 0 Å². The molecule has 0 aliphatic rings. The van der Waals surface area contributed by atoms with E-state index in [2.05, 4.69) is 14.9 Å². The summed E-state index contributed by atoms with van der Waals surface area (Å²) in [6, 6.07) is 6.15. The molecule has 0 aromatic heterocycles. The molecule has 9 heteroatoms. The summed E-state index contributed by atoms with van der Waals surface area (Å²) >= 11 is 0. The summed E-state index contributed by atoms with van der Waals surface area (Å²) in [5, 5.41) is 14.3. The molecule has 0 saturated heterocycles. The lowest BCUT2D eigenvalue weighted by Crippen LogP contribution is -2.21. The van der Waals surface area contributed by atoms with Crippen LogP contribution in [0.1, 0.15) is 12.5 Å². The number of carbonyl (C=O) groups is 1. The molecule has 7 nitrogen and oxygen atoms in total. The summed E-state index contributed by atoms with van der Waals surface area (Å²) in [6.45, 7) is -1.81. The Balaban J connectivity index is 0.000000796. The van der Waals surface area contributed by atoms with Crippen molar-refractivity contribution in [2.45, 2.75) is 13.5 Å². The third-order valence-corrected chi connectivity index (χ3v) is 1.51. The third kappa shape index (κ3) is 9.33. The SMILES string of the molecule is CC(=O)O.NC(N)=N/N=C/c1ccccc1OC(F)F.